The van der Waals surface area contributed by atoms with Gasteiger partial charge in [-0.25, -0.2) is 0 Å². The van der Waals surface area contributed by atoms with Crippen molar-refractivity contribution in [3.05, 3.63) is 60.2 Å². The topological polar surface area (TPSA) is 0 Å². The smallest absolute Gasteiger partial charge is 0.0358 e. The molecule has 0 amide bonds. The first-order chi connectivity index (χ1) is 7.22. The molecule has 0 fully saturated rings. The lowest BCUT2D eigenvalue weighted by Gasteiger charge is -2.33. The van der Waals surface area contributed by atoms with E-state index in [9.17, 15) is 0 Å². The molecule has 1 aliphatic carbocycles. The Morgan fingerprint density at radius 2 is 1.93 bits per heavy atom. The van der Waals surface area contributed by atoms with Crippen LogP contribution in [0.15, 0.2) is 54.6 Å². The Morgan fingerprint density at radius 1 is 1.20 bits per heavy atom. The number of hydrogen-bond donors (Lipinski definition) is 1. The van der Waals surface area contributed by atoms with Gasteiger partial charge in [-0.05, 0) is 12.0 Å². The van der Waals surface area contributed by atoms with Crippen molar-refractivity contribution >= 4 is 12.6 Å². The van der Waals surface area contributed by atoms with Crippen LogP contribution in [0.2, 0.25) is 0 Å². The zero-order chi connectivity index (χ0) is 10.7. The highest BCUT2D eigenvalue weighted by Crippen LogP contribution is 2.44. The highest BCUT2D eigenvalue weighted by molar-refractivity contribution is 7.80. The zero-order valence-electron chi connectivity index (χ0n) is 8.93. The monoisotopic (exact) mass is 216 g/mol. The van der Waals surface area contributed by atoms with Crippen molar-refractivity contribution in [3.63, 3.8) is 0 Å². The van der Waals surface area contributed by atoms with E-state index in [0.29, 0.717) is 0 Å². The highest BCUT2D eigenvalue weighted by atomic mass is 32.1. The molecule has 0 saturated heterocycles. The van der Waals surface area contributed by atoms with Crippen LogP contribution in [0.1, 0.15) is 24.2 Å². The van der Waals surface area contributed by atoms with E-state index in [1.165, 1.54) is 5.56 Å². The van der Waals surface area contributed by atoms with Gasteiger partial charge in [0.1, 0.15) is 0 Å². The van der Waals surface area contributed by atoms with Gasteiger partial charge in [0, 0.05) is 10.7 Å². The van der Waals surface area contributed by atoms with Gasteiger partial charge in [-0.1, -0.05) is 61.6 Å². The third-order valence-corrected chi connectivity index (χ3v) is 3.91. The summed E-state index contributed by atoms with van der Waals surface area (Å²) < 4.78 is 0. The molecule has 0 N–H and O–H groups in total. The van der Waals surface area contributed by atoms with Crippen molar-refractivity contribution in [1.82, 2.24) is 0 Å². The van der Waals surface area contributed by atoms with E-state index in [2.05, 4.69) is 55.5 Å². The van der Waals surface area contributed by atoms with Gasteiger partial charge in [0.05, 0.1) is 0 Å². The van der Waals surface area contributed by atoms with Crippen molar-refractivity contribution in [3.8, 4) is 0 Å². The van der Waals surface area contributed by atoms with Crippen LogP contribution >= 0.6 is 12.6 Å². The molecule has 0 saturated carbocycles. The van der Waals surface area contributed by atoms with E-state index in [1.807, 2.05) is 6.07 Å². The van der Waals surface area contributed by atoms with Gasteiger partial charge < -0.3 is 0 Å². The average Bonchev–Trinajstić information content (AvgIpc) is 2.30. The minimum Gasteiger partial charge on any atom is -0.170 e. The highest BCUT2D eigenvalue weighted by Gasteiger charge is 2.29. The van der Waals surface area contributed by atoms with E-state index in [-0.39, 0.29) is 10.7 Å². The molecule has 1 aliphatic rings. The summed E-state index contributed by atoms with van der Waals surface area (Å²) >= 11 is 4.76. The van der Waals surface area contributed by atoms with Gasteiger partial charge in [-0.3, -0.25) is 0 Å². The van der Waals surface area contributed by atoms with Crippen molar-refractivity contribution in [2.75, 3.05) is 0 Å². The average molecular weight is 216 g/mol. The normalized spacial score (nSPS) is 26.5. The Balaban J connectivity index is 2.24. The summed E-state index contributed by atoms with van der Waals surface area (Å²) in [5.41, 5.74) is 1.43. The molecule has 0 spiro atoms. The van der Waals surface area contributed by atoms with Crippen molar-refractivity contribution in [1.29, 1.82) is 0 Å². The van der Waals surface area contributed by atoms with Crippen LogP contribution in [-0.2, 0) is 0 Å². The molecule has 0 nitrogen and oxygen atoms in total. The number of benzene rings is 1. The van der Waals surface area contributed by atoms with Gasteiger partial charge in [0.15, 0.2) is 0 Å². The van der Waals surface area contributed by atoms with Crippen LogP contribution in [0.5, 0.6) is 0 Å². The van der Waals surface area contributed by atoms with Gasteiger partial charge in [-0.15, -0.1) is 0 Å². The van der Waals surface area contributed by atoms with E-state index in [0.717, 1.165) is 6.42 Å². The van der Waals surface area contributed by atoms with E-state index >= 15 is 0 Å². The Bertz CT molecular complexity index is 378. The fourth-order valence-electron chi connectivity index (χ4n) is 1.96. The van der Waals surface area contributed by atoms with Crippen LogP contribution in [0.4, 0.5) is 0 Å². The quantitative estimate of drug-likeness (QED) is 0.704. The Morgan fingerprint density at radius 3 is 2.53 bits per heavy atom. The van der Waals surface area contributed by atoms with Gasteiger partial charge in [-0.2, -0.15) is 12.6 Å². The molecule has 78 valence electrons. The molecule has 0 heterocycles. The fourth-order valence-corrected chi connectivity index (χ4v) is 2.33. The first-order valence-corrected chi connectivity index (χ1v) is 5.81. The van der Waals surface area contributed by atoms with E-state index < -0.39 is 0 Å². The molecule has 1 heteroatoms. The van der Waals surface area contributed by atoms with E-state index in [4.69, 9.17) is 12.6 Å². The summed E-state index contributed by atoms with van der Waals surface area (Å²) in [4.78, 5) is 0. The summed E-state index contributed by atoms with van der Waals surface area (Å²) in [5, 5.41) is 0.264. The van der Waals surface area contributed by atoms with E-state index in [1.54, 1.807) is 0 Å². The van der Waals surface area contributed by atoms with Crippen LogP contribution in [0.3, 0.4) is 0 Å². The molecule has 0 bridgehead atoms. The van der Waals surface area contributed by atoms with Gasteiger partial charge in [0.2, 0.25) is 0 Å². The molecule has 2 rings (SSSR count). The molecule has 1 aromatic carbocycles. The predicted octanol–water partition coefficient (Wildman–Crippen LogP) is 4.18. The predicted molar refractivity (Wildman–Crippen MR) is 69.2 cm³/mol. The van der Waals surface area contributed by atoms with Crippen LogP contribution in [0, 0.1) is 5.41 Å². The molecule has 15 heavy (non-hydrogen) atoms. The minimum atomic E-state index is 0.138. The van der Waals surface area contributed by atoms with Crippen molar-refractivity contribution < 1.29 is 0 Å². The van der Waals surface area contributed by atoms with Gasteiger partial charge >= 0.3 is 0 Å². The molecule has 2 unspecified atom stereocenters. The molecular formula is C14H16S. The second kappa shape index (κ2) is 4.28. The maximum Gasteiger partial charge on any atom is 0.0358 e. The number of allylic oxidation sites excluding steroid dienone is 4. The molecule has 1 aromatic rings. The van der Waals surface area contributed by atoms with Crippen molar-refractivity contribution in [2.24, 2.45) is 5.41 Å². The summed E-state index contributed by atoms with van der Waals surface area (Å²) in [5.74, 6) is 0. The second-order valence-electron chi connectivity index (χ2n) is 4.31. The number of thiol groups is 1. The molecule has 0 aliphatic heterocycles. The molecule has 0 radical (unpaired) electrons. The van der Waals surface area contributed by atoms with Gasteiger partial charge in [0.25, 0.3) is 0 Å². The zero-order valence-corrected chi connectivity index (χ0v) is 9.82. The number of hydrogen-bond acceptors (Lipinski definition) is 1. The first-order valence-electron chi connectivity index (χ1n) is 5.30. The maximum atomic E-state index is 4.76. The minimum absolute atomic E-state index is 0.138. The second-order valence-corrected chi connectivity index (χ2v) is 4.83. The lowest BCUT2D eigenvalue weighted by Crippen LogP contribution is -2.20. The molecule has 2 atom stereocenters. The van der Waals surface area contributed by atoms with Crippen LogP contribution in [-0.4, -0.2) is 0 Å². The lowest BCUT2D eigenvalue weighted by molar-refractivity contribution is 0.419. The SMILES string of the molecule is CC1(C(S)c2ccccc2)C=CC=CC1. The third kappa shape index (κ3) is 2.18. The molecular weight excluding hydrogens is 200 g/mol. The number of rotatable bonds is 2. The Hall–Kier alpha value is -0.950. The Labute approximate surface area is 97.1 Å². The summed E-state index contributed by atoms with van der Waals surface area (Å²) in [6.45, 7) is 2.26. The molecule has 0 aromatic heterocycles. The van der Waals surface area contributed by atoms with Crippen LogP contribution < -0.4 is 0 Å². The van der Waals surface area contributed by atoms with Crippen LogP contribution in [0.25, 0.3) is 0 Å². The summed E-state index contributed by atoms with van der Waals surface area (Å²) in [6.07, 6.45) is 9.76. The van der Waals surface area contributed by atoms with Crippen molar-refractivity contribution in [2.45, 2.75) is 18.6 Å². The fraction of sp³-hybridized carbons (Fsp3) is 0.286. The largest absolute Gasteiger partial charge is 0.170 e. The third-order valence-electron chi connectivity index (χ3n) is 3.02. The summed E-state index contributed by atoms with van der Waals surface area (Å²) in [7, 11) is 0. The Kier molecular flexibility index (Phi) is 3.01. The lowest BCUT2D eigenvalue weighted by atomic mass is 9.78. The first kappa shape index (κ1) is 10.6. The maximum absolute atomic E-state index is 4.76. The summed E-state index contributed by atoms with van der Waals surface area (Å²) in [6, 6.07) is 10.5. The standard InChI is InChI=1S/C14H16S/c1-14(10-6-3-7-11-14)13(15)12-8-4-2-5-9-12/h2-10,13,15H,11H2,1H3.